The smallest absolute Gasteiger partial charge is 0.277 e. The highest BCUT2D eigenvalue weighted by molar-refractivity contribution is 9.10. The molecule has 2 aromatic carbocycles. The Bertz CT molecular complexity index is 722. The Hall–Kier alpha value is -2.41. The van der Waals surface area contributed by atoms with Gasteiger partial charge in [-0.15, -0.1) is 0 Å². The van der Waals surface area contributed by atoms with Crippen molar-refractivity contribution in [3.05, 3.63) is 58.3 Å². The van der Waals surface area contributed by atoms with E-state index in [1.807, 2.05) is 0 Å². The first-order chi connectivity index (χ1) is 11.1. The van der Waals surface area contributed by atoms with Gasteiger partial charge in [-0.05, 0) is 40.2 Å². The van der Waals surface area contributed by atoms with Gasteiger partial charge < -0.3 is 9.47 Å². The minimum Gasteiger partial charge on any atom is -0.497 e. The van der Waals surface area contributed by atoms with E-state index in [2.05, 4.69) is 26.5 Å². The highest BCUT2D eigenvalue weighted by Gasteiger charge is 2.06. The number of hydrogen-bond donors (Lipinski definition) is 1. The summed E-state index contributed by atoms with van der Waals surface area (Å²) in [6.45, 7) is -0.223. The summed E-state index contributed by atoms with van der Waals surface area (Å²) in [6, 6.07) is 11.2. The number of methoxy groups -OCH3 is 1. The highest BCUT2D eigenvalue weighted by atomic mass is 79.9. The molecule has 120 valence electrons. The highest BCUT2D eigenvalue weighted by Crippen LogP contribution is 2.28. The minimum absolute atomic E-state index is 0.223. The number of nitrogens with zero attached hydrogens (tertiary/aromatic N) is 1. The normalized spacial score (nSPS) is 10.6. The van der Waals surface area contributed by atoms with Crippen LogP contribution in [0, 0.1) is 5.82 Å². The Balaban J connectivity index is 1.85. The fraction of sp³-hybridized carbons (Fsp3) is 0.125. The number of rotatable bonds is 6. The fourth-order valence-corrected chi connectivity index (χ4v) is 2.13. The summed E-state index contributed by atoms with van der Waals surface area (Å²) in [5.41, 5.74) is 2.55. The summed E-state index contributed by atoms with van der Waals surface area (Å²) in [5, 5.41) is 3.69. The van der Waals surface area contributed by atoms with E-state index in [-0.39, 0.29) is 12.2 Å². The number of carbonyl (C=O) groups is 1. The van der Waals surface area contributed by atoms with Crippen molar-refractivity contribution in [1.29, 1.82) is 0 Å². The van der Waals surface area contributed by atoms with Gasteiger partial charge in [0.1, 0.15) is 17.3 Å². The Morgan fingerprint density at radius 1 is 1.35 bits per heavy atom. The number of nitrogens with one attached hydrogen (secondary N) is 1. The van der Waals surface area contributed by atoms with Crippen LogP contribution in [-0.2, 0) is 4.79 Å². The Kier molecular flexibility index (Phi) is 6.10. The molecule has 0 saturated heterocycles. The van der Waals surface area contributed by atoms with Gasteiger partial charge in [-0.3, -0.25) is 4.79 Å². The first-order valence-corrected chi connectivity index (χ1v) is 7.42. The molecular formula is C16H14BrFN2O3. The molecule has 7 heteroatoms. The molecule has 0 atom stereocenters. The molecule has 0 aliphatic heterocycles. The lowest BCUT2D eigenvalue weighted by molar-refractivity contribution is -0.123. The fourth-order valence-electron chi connectivity index (χ4n) is 1.65. The predicted molar refractivity (Wildman–Crippen MR) is 88.3 cm³/mol. The van der Waals surface area contributed by atoms with Crippen LogP contribution in [0.4, 0.5) is 4.39 Å². The van der Waals surface area contributed by atoms with Crippen molar-refractivity contribution in [3.63, 3.8) is 0 Å². The molecule has 0 aromatic heterocycles. The van der Waals surface area contributed by atoms with Gasteiger partial charge >= 0.3 is 0 Å². The average molecular weight is 381 g/mol. The minimum atomic E-state index is -0.458. The van der Waals surface area contributed by atoms with Crippen molar-refractivity contribution >= 4 is 28.1 Å². The monoisotopic (exact) mass is 380 g/mol. The molecule has 5 nitrogen and oxygen atoms in total. The third-order valence-corrected chi connectivity index (χ3v) is 3.42. The van der Waals surface area contributed by atoms with Crippen LogP contribution in [0.5, 0.6) is 11.5 Å². The molecule has 23 heavy (non-hydrogen) atoms. The number of amides is 1. The van der Waals surface area contributed by atoms with E-state index < -0.39 is 11.7 Å². The molecule has 0 heterocycles. The van der Waals surface area contributed by atoms with Gasteiger partial charge in [-0.2, -0.15) is 5.10 Å². The van der Waals surface area contributed by atoms with E-state index in [1.165, 1.54) is 12.3 Å². The van der Waals surface area contributed by atoms with E-state index >= 15 is 0 Å². The molecule has 0 radical (unpaired) electrons. The van der Waals surface area contributed by atoms with Crippen molar-refractivity contribution in [3.8, 4) is 11.5 Å². The van der Waals surface area contributed by atoms with Crippen LogP contribution in [0.2, 0.25) is 0 Å². The lowest BCUT2D eigenvalue weighted by Gasteiger charge is -2.08. The first-order valence-electron chi connectivity index (χ1n) is 6.63. The summed E-state index contributed by atoms with van der Waals surface area (Å²) >= 11 is 3.32. The summed E-state index contributed by atoms with van der Waals surface area (Å²) in [6.07, 6.45) is 1.23. The summed E-state index contributed by atoms with van der Waals surface area (Å²) in [7, 11) is 1.56. The Labute approximate surface area is 141 Å². The number of ether oxygens (including phenoxy) is 2. The molecule has 0 fully saturated rings. The Morgan fingerprint density at radius 2 is 2.13 bits per heavy atom. The SMILES string of the molecule is COc1ccc(OCC(=O)NN=Cc2ccccc2F)c(Br)c1. The molecular weight excluding hydrogens is 367 g/mol. The third kappa shape index (κ3) is 5.07. The van der Waals surface area contributed by atoms with Crippen LogP contribution in [0.15, 0.2) is 52.0 Å². The molecule has 1 N–H and O–H groups in total. The molecule has 0 aliphatic carbocycles. The zero-order valence-corrected chi connectivity index (χ0v) is 13.8. The van der Waals surface area contributed by atoms with Crippen LogP contribution < -0.4 is 14.9 Å². The summed E-state index contributed by atoms with van der Waals surface area (Å²) in [5.74, 6) is 0.298. The number of carbonyl (C=O) groups excluding carboxylic acids is 1. The molecule has 2 aromatic rings. The van der Waals surface area contributed by atoms with E-state index in [9.17, 15) is 9.18 Å². The number of halogens is 2. The van der Waals surface area contributed by atoms with Crippen molar-refractivity contribution in [2.24, 2.45) is 5.10 Å². The van der Waals surface area contributed by atoms with Gasteiger partial charge in [-0.1, -0.05) is 18.2 Å². The maximum absolute atomic E-state index is 13.3. The molecule has 0 aliphatic rings. The average Bonchev–Trinajstić information content (AvgIpc) is 2.55. The Morgan fingerprint density at radius 3 is 2.83 bits per heavy atom. The van der Waals surface area contributed by atoms with Crippen LogP contribution >= 0.6 is 15.9 Å². The third-order valence-electron chi connectivity index (χ3n) is 2.80. The van der Waals surface area contributed by atoms with E-state index in [4.69, 9.17) is 9.47 Å². The summed E-state index contributed by atoms with van der Waals surface area (Å²) in [4.78, 5) is 11.6. The van der Waals surface area contributed by atoms with Gasteiger partial charge in [0.05, 0.1) is 17.8 Å². The van der Waals surface area contributed by atoms with Crippen LogP contribution in [0.1, 0.15) is 5.56 Å². The largest absolute Gasteiger partial charge is 0.497 e. The topological polar surface area (TPSA) is 59.9 Å². The van der Waals surface area contributed by atoms with Gasteiger partial charge in [0, 0.05) is 5.56 Å². The van der Waals surface area contributed by atoms with Crippen molar-refractivity contribution in [1.82, 2.24) is 5.43 Å². The second-order valence-electron chi connectivity index (χ2n) is 4.40. The van der Waals surface area contributed by atoms with Gasteiger partial charge in [0.25, 0.3) is 5.91 Å². The zero-order chi connectivity index (χ0) is 16.7. The number of benzene rings is 2. The van der Waals surface area contributed by atoms with Gasteiger partial charge in [0.2, 0.25) is 0 Å². The first kappa shape index (κ1) is 17.0. The quantitative estimate of drug-likeness (QED) is 0.618. The standard InChI is InChI=1S/C16H14BrFN2O3/c1-22-12-6-7-15(13(17)8-12)23-10-16(21)20-19-9-11-4-2-3-5-14(11)18/h2-9H,10H2,1H3,(H,20,21). The van der Waals surface area contributed by atoms with Gasteiger partial charge in [0.15, 0.2) is 6.61 Å². The van der Waals surface area contributed by atoms with E-state index in [0.29, 0.717) is 16.0 Å². The molecule has 0 spiro atoms. The number of hydrogen-bond acceptors (Lipinski definition) is 4. The van der Waals surface area contributed by atoms with Gasteiger partial charge in [-0.25, -0.2) is 9.82 Å². The van der Waals surface area contributed by atoms with Crippen LogP contribution in [-0.4, -0.2) is 25.8 Å². The second-order valence-corrected chi connectivity index (χ2v) is 5.25. The van der Waals surface area contributed by atoms with Crippen LogP contribution in [0.25, 0.3) is 0 Å². The van der Waals surface area contributed by atoms with Crippen LogP contribution in [0.3, 0.4) is 0 Å². The zero-order valence-electron chi connectivity index (χ0n) is 12.3. The molecule has 0 unspecified atom stereocenters. The molecule has 2 rings (SSSR count). The van der Waals surface area contributed by atoms with E-state index in [0.717, 1.165) is 0 Å². The van der Waals surface area contributed by atoms with E-state index in [1.54, 1.807) is 43.5 Å². The lowest BCUT2D eigenvalue weighted by atomic mass is 10.2. The predicted octanol–water partition coefficient (Wildman–Crippen LogP) is 3.13. The van der Waals surface area contributed by atoms with Crippen molar-refractivity contribution < 1.29 is 18.7 Å². The van der Waals surface area contributed by atoms with Crippen molar-refractivity contribution in [2.75, 3.05) is 13.7 Å². The molecule has 0 saturated carbocycles. The number of hydrazone groups is 1. The van der Waals surface area contributed by atoms with Crippen molar-refractivity contribution in [2.45, 2.75) is 0 Å². The maximum atomic E-state index is 13.3. The lowest BCUT2D eigenvalue weighted by Crippen LogP contribution is -2.24. The summed E-state index contributed by atoms with van der Waals surface area (Å²) < 4.78 is 24.4. The molecule has 0 bridgehead atoms. The second kappa shape index (κ2) is 8.28. The maximum Gasteiger partial charge on any atom is 0.277 e. The molecule has 1 amide bonds.